The number of aliphatic hydroxyl groups is 1. The zero-order chi connectivity index (χ0) is 27.3. The van der Waals surface area contributed by atoms with Crippen LogP contribution in [-0.4, -0.2) is 56.7 Å². The summed E-state index contributed by atoms with van der Waals surface area (Å²) in [5.74, 6) is -2.79. The van der Waals surface area contributed by atoms with Crippen LogP contribution in [0.3, 0.4) is 0 Å². The first-order valence-corrected chi connectivity index (χ1v) is 11.1. The van der Waals surface area contributed by atoms with Gasteiger partial charge in [0.2, 0.25) is 5.88 Å². The molecular formula is C23H25F4N5O5. The van der Waals surface area contributed by atoms with Gasteiger partial charge in [-0.2, -0.15) is 4.68 Å². The largest absolute Gasteiger partial charge is 0.481 e. The number of aryl methyl sites for hydroxylation is 1. The van der Waals surface area contributed by atoms with Gasteiger partial charge in [0, 0.05) is 18.8 Å². The number of carbonyl (C=O) groups is 1. The van der Waals surface area contributed by atoms with Crippen molar-refractivity contribution in [3.05, 3.63) is 57.6 Å². The summed E-state index contributed by atoms with van der Waals surface area (Å²) in [5.41, 5.74) is -1.28. The first kappa shape index (κ1) is 27.6. The van der Waals surface area contributed by atoms with Crippen molar-refractivity contribution in [3.8, 4) is 17.3 Å². The summed E-state index contributed by atoms with van der Waals surface area (Å²) in [5, 5.41) is 15.9. The molecule has 10 nitrogen and oxygen atoms in total. The van der Waals surface area contributed by atoms with Gasteiger partial charge in [0.1, 0.15) is 36.2 Å². The predicted octanol–water partition coefficient (Wildman–Crippen LogP) is 3.02. The summed E-state index contributed by atoms with van der Waals surface area (Å²) in [4.78, 5) is 29.9. The number of aliphatic hydroxyl groups excluding tert-OH is 1. The molecule has 2 aromatic heterocycles. The van der Waals surface area contributed by atoms with Crippen LogP contribution in [0.25, 0.3) is 5.69 Å². The van der Waals surface area contributed by atoms with E-state index in [0.717, 1.165) is 10.6 Å². The number of benzene rings is 1. The molecule has 0 aliphatic rings. The minimum absolute atomic E-state index is 0.0340. The maximum Gasteiger partial charge on any atom is 0.350 e. The van der Waals surface area contributed by atoms with Crippen LogP contribution in [0.2, 0.25) is 0 Å². The summed E-state index contributed by atoms with van der Waals surface area (Å²) < 4.78 is 67.1. The highest BCUT2D eigenvalue weighted by Gasteiger charge is 2.28. The van der Waals surface area contributed by atoms with E-state index in [2.05, 4.69) is 15.4 Å². The molecule has 3 rings (SSSR count). The third kappa shape index (κ3) is 5.74. The summed E-state index contributed by atoms with van der Waals surface area (Å²) in [7, 11) is 1.31. The van der Waals surface area contributed by atoms with Crippen molar-refractivity contribution in [3.63, 3.8) is 0 Å². The van der Waals surface area contributed by atoms with Gasteiger partial charge in [-0.3, -0.25) is 9.36 Å². The van der Waals surface area contributed by atoms with Gasteiger partial charge in [0.05, 0.1) is 12.7 Å². The lowest BCUT2D eigenvalue weighted by molar-refractivity contribution is -0.00159. The number of hydrogen-bond acceptors (Lipinski definition) is 7. The molecule has 1 aromatic carbocycles. The Bertz CT molecular complexity index is 1330. The van der Waals surface area contributed by atoms with Crippen molar-refractivity contribution >= 4 is 11.6 Å². The van der Waals surface area contributed by atoms with Crippen molar-refractivity contribution in [1.82, 2.24) is 19.3 Å². The van der Waals surface area contributed by atoms with Crippen molar-refractivity contribution in [2.45, 2.75) is 45.9 Å². The predicted molar refractivity (Wildman–Crippen MR) is 124 cm³/mol. The van der Waals surface area contributed by atoms with Crippen molar-refractivity contribution in [2.75, 3.05) is 19.1 Å². The van der Waals surface area contributed by atoms with Gasteiger partial charge in [-0.1, -0.05) is 6.92 Å². The van der Waals surface area contributed by atoms with Crippen LogP contribution in [0.1, 0.15) is 35.1 Å². The Labute approximate surface area is 208 Å². The fourth-order valence-corrected chi connectivity index (χ4v) is 3.47. The van der Waals surface area contributed by atoms with Gasteiger partial charge in [0.25, 0.3) is 12.3 Å². The monoisotopic (exact) mass is 527 g/mol. The molecule has 3 aromatic rings. The maximum atomic E-state index is 15.3. The van der Waals surface area contributed by atoms with Gasteiger partial charge in [-0.15, -0.1) is 5.10 Å². The van der Waals surface area contributed by atoms with E-state index in [9.17, 15) is 27.9 Å². The number of rotatable bonds is 11. The number of halogens is 4. The number of amides is 1. The highest BCUT2D eigenvalue weighted by atomic mass is 19.3. The van der Waals surface area contributed by atoms with Crippen molar-refractivity contribution in [1.29, 1.82) is 0 Å². The molecule has 0 unspecified atom stereocenters. The Hall–Kier alpha value is -3.94. The van der Waals surface area contributed by atoms with Crippen LogP contribution < -0.4 is 20.5 Å². The SMILES string of the molecule is CCCn1c(CO)nn(-c2cc(O[C@@H](CF)C(F)F)c(C(=O)Nc3c(C)ccnc3OC)cc2F)c1=O. The van der Waals surface area contributed by atoms with Crippen LogP contribution in [0.5, 0.6) is 11.6 Å². The smallest absolute Gasteiger partial charge is 0.350 e. The molecule has 14 heteroatoms. The Kier molecular flexibility index (Phi) is 8.86. The van der Waals surface area contributed by atoms with Gasteiger partial charge in [-0.25, -0.2) is 27.3 Å². The first-order valence-electron chi connectivity index (χ1n) is 11.1. The van der Waals surface area contributed by atoms with Gasteiger partial charge >= 0.3 is 5.69 Å². The van der Waals surface area contributed by atoms with Crippen LogP contribution in [0, 0.1) is 12.7 Å². The number of nitrogens with zero attached hydrogens (tertiary/aromatic N) is 4. The van der Waals surface area contributed by atoms with Crippen LogP contribution in [-0.2, 0) is 13.2 Å². The van der Waals surface area contributed by atoms with Gasteiger partial charge in [0.15, 0.2) is 11.9 Å². The van der Waals surface area contributed by atoms with E-state index in [4.69, 9.17) is 9.47 Å². The van der Waals surface area contributed by atoms with Crippen LogP contribution in [0.4, 0.5) is 23.2 Å². The van der Waals surface area contributed by atoms with Gasteiger partial charge < -0.3 is 19.9 Å². The van der Waals surface area contributed by atoms with E-state index in [1.54, 1.807) is 19.9 Å². The highest BCUT2D eigenvalue weighted by molar-refractivity contribution is 6.07. The molecular weight excluding hydrogens is 502 g/mol. The summed E-state index contributed by atoms with van der Waals surface area (Å²) in [6, 6.07) is 3.02. The van der Waals surface area contributed by atoms with Crippen LogP contribution >= 0.6 is 0 Å². The molecule has 0 saturated carbocycles. The number of nitrogens with one attached hydrogen (secondary N) is 1. The average Bonchev–Trinajstić information content (AvgIpc) is 3.19. The first-order chi connectivity index (χ1) is 17.7. The lowest BCUT2D eigenvalue weighted by Crippen LogP contribution is -2.29. The topological polar surface area (TPSA) is 120 Å². The van der Waals surface area contributed by atoms with E-state index < -0.39 is 60.2 Å². The third-order valence-electron chi connectivity index (χ3n) is 5.32. The number of pyridine rings is 1. The normalized spacial score (nSPS) is 12.0. The highest BCUT2D eigenvalue weighted by Crippen LogP contribution is 2.30. The fourth-order valence-electron chi connectivity index (χ4n) is 3.47. The summed E-state index contributed by atoms with van der Waals surface area (Å²) in [6.45, 7) is 1.33. The number of methoxy groups -OCH3 is 1. The average molecular weight is 527 g/mol. The molecule has 0 bridgehead atoms. The second-order valence-corrected chi connectivity index (χ2v) is 7.83. The van der Waals surface area contributed by atoms with E-state index in [-0.39, 0.29) is 23.9 Å². The van der Waals surface area contributed by atoms with E-state index in [1.807, 2.05) is 0 Å². The number of carbonyl (C=O) groups excluding carboxylic acids is 1. The fraction of sp³-hybridized carbons (Fsp3) is 0.391. The molecule has 1 amide bonds. The van der Waals surface area contributed by atoms with E-state index >= 15 is 4.39 Å². The Balaban J connectivity index is 2.16. The van der Waals surface area contributed by atoms with Gasteiger partial charge in [-0.05, 0) is 31.0 Å². The zero-order valence-corrected chi connectivity index (χ0v) is 20.2. The number of anilines is 1. The molecule has 0 aliphatic heterocycles. The maximum absolute atomic E-state index is 15.3. The molecule has 1 atom stereocenters. The molecule has 2 heterocycles. The Morgan fingerprint density at radius 1 is 1.30 bits per heavy atom. The molecule has 0 aliphatic carbocycles. The second-order valence-electron chi connectivity index (χ2n) is 7.83. The second kappa shape index (κ2) is 11.9. The summed E-state index contributed by atoms with van der Waals surface area (Å²) >= 11 is 0. The molecule has 0 saturated heterocycles. The summed E-state index contributed by atoms with van der Waals surface area (Å²) in [6.07, 6.45) is -3.63. The molecule has 0 radical (unpaired) electrons. The van der Waals surface area contributed by atoms with Crippen molar-refractivity contribution < 1.29 is 36.9 Å². The minimum atomic E-state index is -3.28. The lowest BCUT2D eigenvalue weighted by Gasteiger charge is -2.19. The molecule has 0 spiro atoms. The molecule has 37 heavy (non-hydrogen) atoms. The standard InChI is InChI=1S/C23H25F4N5O5/c1-4-7-31-18(11-33)30-32(23(31)35)15-9-16(37-17(10-24)20(26)27)13(8-14(15)25)21(34)29-19-12(2)5-6-28-22(19)36-3/h5-6,8-9,17,20,33H,4,7,10-11H2,1-3H3,(H,29,34)/t17-/m0/s1. The Morgan fingerprint density at radius 3 is 2.62 bits per heavy atom. The lowest BCUT2D eigenvalue weighted by atomic mass is 10.1. The third-order valence-corrected chi connectivity index (χ3v) is 5.32. The molecule has 0 fully saturated rings. The number of aromatic nitrogens is 4. The van der Waals surface area contributed by atoms with E-state index in [1.165, 1.54) is 13.3 Å². The molecule has 200 valence electrons. The number of alkyl halides is 3. The van der Waals surface area contributed by atoms with Crippen LogP contribution in [0.15, 0.2) is 29.2 Å². The van der Waals surface area contributed by atoms with E-state index in [0.29, 0.717) is 22.7 Å². The van der Waals surface area contributed by atoms with Crippen molar-refractivity contribution in [2.24, 2.45) is 0 Å². The number of ether oxygens (including phenoxy) is 2. The molecule has 2 N–H and O–H groups in total. The minimum Gasteiger partial charge on any atom is -0.481 e. The quantitative estimate of drug-likeness (QED) is 0.368. The number of hydrogen-bond donors (Lipinski definition) is 2. The Morgan fingerprint density at radius 2 is 2.03 bits per heavy atom. The zero-order valence-electron chi connectivity index (χ0n) is 20.2.